The maximum atomic E-state index is 9.82. The number of aromatic hydroxyl groups is 1. The summed E-state index contributed by atoms with van der Waals surface area (Å²) < 4.78 is 0. The van der Waals surface area contributed by atoms with Crippen molar-refractivity contribution in [3.63, 3.8) is 0 Å². The SMILES string of the molecule is Oc1cccc(-c2cnc3[nH]cc(-c4ccccc4-c4ccccc4)c3c2)c1. The van der Waals surface area contributed by atoms with Crippen LogP contribution in [0, 0.1) is 0 Å². The van der Waals surface area contributed by atoms with E-state index in [-0.39, 0.29) is 5.75 Å². The van der Waals surface area contributed by atoms with Crippen molar-refractivity contribution in [2.45, 2.75) is 0 Å². The third-order valence-electron chi connectivity index (χ3n) is 5.01. The normalized spacial score (nSPS) is 11.0. The van der Waals surface area contributed by atoms with Gasteiger partial charge in [-0.2, -0.15) is 0 Å². The Hall–Kier alpha value is -3.85. The molecule has 0 amide bonds. The van der Waals surface area contributed by atoms with Crippen LogP contribution in [0.15, 0.2) is 97.3 Å². The van der Waals surface area contributed by atoms with Gasteiger partial charge in [-0.15, -0.1) is 0 Å². The Balaban J connectivity index is 1.70. The van der Waals surface area contributed by atoms with Gasteiger partial charge in [0.25, 0.3) is 0 Å². The van der Waals surface area contributed by atoms with Gasteiger partial charge in [-0.1, -0.05) is 66.7 Å². The molecule has 2 aromatic heterocycles. The predicted octanol–water partition coefficient (Wildman–Crippen LogP) is 6.27. The minimum atomic E-state index is 0.251. The fraction of sp³-hybridized carbons (Fsp3) is 0. The summed E-state index contributed by atoms with van der Waals surface area (Å²) in [5.74, 6) is 0.251. The highest BCUT2D eigenvalue weighted by molar-refractivity contribution is 5.99. The molecule has 3 nitrogen and oxygen atoms in total. The number of aromatic nitrogens is 2. The van der Waals surface area contributed by atoms with Gasteiger partial charge >= 0.3 is 0 Å². The van der Waals surface area contributed by atoms with Crippen LogP contribution in [0.1, 0.15) is 0 Å². The molecule has 3 aromatic carbocycles. The second kappa shape index (κ2) is 6.71. The number of hydrogen-bond donors (Lipinski definition) is 2. The van der Waals surface area contributed by atoms with Crippen molar-refractivity contribution < 1.29 is 5.11 Å². The highest BCUT2D eigenvalue weighted by Crippen LogP contribution is 2.37. The first-order chi connectivity index (χ1) is 13.8. The van der Waals surface area contributed by atoms with E-state index in [0.29, 0.717) is 0 Å². The van der Waals surface area contributed by atoms with E-state index in [2.05, 4.69) is 64.6 Å². The topological polar surface area (TPSA) is 48.9 Å². The summed E-state index contributed by atoms with van der Waals surface area (Å²) in [4.78, 5) is 7.89. The number of nitrogens with zero attached hydrogens (tertiary/aromatic N) is 1. The van der Waals surface area contributed by atoms with Crippen LogP contribution in [0.3, 0.4) is 0 Å². The van der Waals surface area contributed by atoms with Crippen molar-refractivity contribution in [1.82, 2.24) is 9.97 Å². The fourth-order valence-electron chi connectivity index (χ4n) is 3.66. The van der Waals surface area contributed by atoms with Crippen LogP contribution in [-0.2, 0) is 0 Å². The molecule has 0 saturated heterocycles. The largest absolute Gasteiger partial charge is 0.508 e. The van der Waals surface area contributed by atoms with Gasteiger partial charge in [-0.25, -0.2) is 4.98 Å². The lowest BCUT2D eigenvalue weighted by atomic mass is 9.94. The summed E-state index contributed by atoms with van der Waals surface area (Å²) in [5, 5.41) is 10.9. The van der Waals surface area contributed by atoms with Crippen molar-refractivity contribution >= 4 is 11.0 Å². The van der Waals surface area contributed by atoms with E-state index >= 15 is 0 Å². The molecule has 0 saturated carbocycles. The van der Waals surface area contributed by atoms with E-state index < -0.39 is 0 Å². The molecule has 5 aromatic rings. The molecule has 2 N–H and O–H groups in total. The van der Waals surface area contributed by atoms with Gasteiger partial charge in [0.1, 0.15) is 11.4 Å². The quantitative estimate of drug-likeness (QED) is 0.397. The minimum absolute atomic E-state index is 0.251. The van der Waals surface area contributed by atoms with Crippen LogP contribution in [-0.4, -0.2) is 15.1 Å². The number of nitrogens with one attached hydrogen (secondary N) is 1. The second-order valence-electron chi connectivity index (χ2n) is 6.78. The molecular weight excluding hydrogens is 344 g/mol. The van der Waals surface area contributed by atoms with Crippen LogP contribution < -0.4 is 0 Å². The van der Waals surface area contributed by atoms with Gasteiger partial charge in [-0.3, -0.25) is 0 Å². The lowest BCUT2D eigenvalue weighted by molar-refractivity contribution is 0.475. The first-order valence-corrected chi connectivity index (χ1v) is 9.21. The molecule has 28 heavy (non-hydrogen) atoms. The molecular formula is C25H18N2O. The molecule has 3 heteroatoms. The fourth-order valence-corrected chi connectivity index (χ4v) is 3.66. The van der Waals surface area contributed by atoms with Gasteiger partial charge in [0.15, 0.2) is 0 Å². The Kier molecular flexibility index (Phi) is 3.91. The zero-order valence-corrected chi connectivity index (χ0v) is 15.1. The number of phenols is 1. The third-order valence-corrected chi connectivity index (χ3v) is 5.01. The van der Waals surface area contributed by atoms with E-state index in [4.69, 9.17) is 0 Å². The van der Waals surface area contributed by atoms with Gasteiger partial charge in [0.2, 0.25) is 0 Å². The van der Waals surface area contributed by atoms with Crippen LogP contribution in [0.25, 0.3) is 44.4 Å². The summed E-state index contributed by atoms with van der Waals surface area (Å²) in [6.07, 6.45) is 3.85. The van der Waals surface area contributed by atoms with E-state index in [1.807, 2.05) is 30.6 Å². The lowest BCUT2D eigenvalue weighted by Crippen LogP contribution is -1.85. The van der Waals surface area contributed by atoms with Crippen LogP contribution in [0.4, 0.5) is 0 Å². The monoisotopic (exact) mass is 362 g/mol. The molecule has 0 unspecified atom stereocenters. The number of phenolic OH excluding ortho intramolecular Hbond substituents is 1. The smallest absolute Gasteiger partial charge is 0.137 e. The van der Waals surface area contributed by atoms with E-state index in [1.54, 1.807) is 12.1 Å². The molecule has 0 bridgehead atoms. The van der Waals surface area contributed by atoms with Gasteiger partial charge in [0.05, 0.1) is 0 Å². The second-order valence-corrected chi connectivity index (χ2v) is 6.78. The molecule has 0 atom stereocenters. The average molecular weight is 362 g/mol. The third kappa shape index (κ3) is 2.83. The summed E-state index contributed by atoms with van der Waals surface area (Å²) in [6.45, 7) is 0. The van der Waals surface area contributed by atoms with Gasteiger partial charge < -0.3 is 10.1 Å². The highest BCUT2D eigenvalue weighted by Gasteiger charge is 2.13. The standard InChI is InChI=1S/C25H18N2O/c28-20-10-6-9-18(13-20)19-14-23-24(16-27-25(23)26-15-19)22-12-5-4-11-21(22)17-7-2-1-3-8-17/h1-16,28H,(H,26,27). The van der Waals surface area contributed by atoms with Crippen molar-refractivity contribution in [1.29, 1.82) is 0 Å². The maximum absolute atomic E-state index is 9.82. The van der Waals surface area contributed by atoms with E-state index in [9.17, 15) is 5.11 Å². The predicted molar refractivity (Wildman–Crippen MR) is 114 cm³/mol. The zero-order valence-electron chi connectivity index (χ0n) is 15.1. The summed E-state index contributed by atoms with van der Waals surface area (Å²) in [5.41, 5.74) is 7.41. The Bertz CT molecular complexity index is 1270. The first kappa shape index (κ1) is 16.3. The summed E-state index contributed by atoms with van der Waals surface area (Å²) >= 11 is 0. The maximum Gasteiger partial charge on any atom is 0.137 e. The van der Waals surface area contributed by atoms with Crippen LogP contribution in [0.2, 0.25) is 0 Å². The minimum Gasteiger partial charge on any atom is -0.508 e. The molecule has 0 aliphatic heterocycles. The van der Waals surface area contributed by atoms with Crippen molar-refractivity contribution in [2.75, 3.05) is 0 Å². The van der Waals surface area contributed by atoms with Crippen molar-refractivity contribution in [2.24, 2.45) is 0 Å². The molecule has 0 radical (unpaired) electrons. The summed E-state index contributed by atoms with van der Waals surface area (Å²) in [6, 6.07) is 28.2. The van der Waals surface area contributed by atoms with Gasteiger partial charge in [-0.05, 0) is 40.5 Å². The molecule has 0 spiro atoms. The van der Waals surface area contributed by atoms with Gasteiger partial charge in [0, 0.05) is 28.9 Å². The highest BCUT2D eigenvalue weighted by atomic mass is 16.3. The van der Waals surface area contributed by atoms with Crippen molar-refractivity contribution in [3.05, 3.63) is 97.3 Å². The van der Waals surface area contributed by atoms with Crippen molar-refractivity contribution in [3.8, 4) is 39.1 Å². The number of pyridine rings is 1. The summed E-state index contributed by atoms with van der Waals surface area (Å²) in [7, 11) is 0. The molecule has 2 heterocycles. The van der Waals surface area contributed by atoms with E-state index in [1.165, 1.54) is 11.1 Å². The first-order valence-electron chi connectivity index (χ1n) is 9.21. The Morgan fingerprint density at radius 3 is 2.21 bits per heavy atom. The molecule has 134 valence electrons. The molecule has 0 fully saturated rings. The number of hydrogen-bond acceptors (Lipinski definition) is 2. The average Bonchev–Trinajstić information content (AvgIpc) is 3.17. The Morgan fingerprint density at radius 1 is 0.643 bits per heavy atom. The van der Waals surface area contributed by atoms with E-state index in [0.717, 1.165) is 33.3 Å². The van der Waals surface area contributed by atoms with Crippen LogP contribution >= 0.6 is 0 Å². The molecule has 0 aliphatic rings. The number of fused-ring (bicyclic) bond motifs is 1. The number of rotatable bonds is 3. The lowest BCUT2D eigenvalue weighted by Gasteiger charge is -2.10. The number of benzene rings is 3. The Labute approximate surface area is 163 Å². The Morgan fingerprint density at radius 2 is 1.39 bits per heavy atom. The zero-order chi connectivity index (χ0) is 18.9. The molecule has 5 rings (SSSR count). The number of aromatic amines is 1. The number of H-pyrrole nitrogens is 1. The van der Waals surface area contributed by atoms with Crippen LogP contribution in [0.5, 0.6) is 5.75 Å². The molecule has 0 aliphatic carbocycles.